The molecule has 0 aliphatic heterocycles. The van der Waals surface area contributed by atoms with E-state index in [2.05, 4.69) is 9.64 Å². The fourth-order valence-corrected chi connectivity index (χ4v) is 1.96. The van der Waals surface area contributed by atoms with Crippen LogP contribution in [0.3, 0.4) is 0 Å². The third-order valence-electron chi connectivity index (χ3n) is 3.24. The van der Waals surface area contributed by atoms with Crippen LogP contribution in [0.5, 0.6) is 0 Å². The number of nitrogens with two attached hydrogens (primary N) is 1. The minimum Gasteiger partial charge on any atom is -0.465 e. The number of esters is 2. The largest absolute Gasteiger partial charge is 0.465 e. The van der Waals surface area contributed by atoms with E-state index >= 15 is 0 Å². The summed E-state index contributed by atoms with van der Waals surface area (Å²) in [7, 11) is 1.24. The molecule has 0 bridgehead atoms. The lowest BCUT2D eigenvalue weighted by Gasteiger charge is -2.17. The monoisotopic (exact) mass is 294 g/mol. The van der Waals surface area contributed by atoms with E-state index in [1.807, 2.05) is 13.8 Å². The Bertz CT molecular complexity index is 498. The second-order valence-corrected chi connectivity index (χ2v) is 4.42. The minimum absolute atomic E-state index is 0.0489. The smallest absolute Gasteiger partial charge is 0.340 e. The van der Waals surface area contributed by atoms with Crippen LogP contribution in [0.2, 0.25) is 0 Å². The van der Waals surface area contributed by atoms with Gasteiger partial charge in [0, 0.05) is 12.2 Å². The Morgan fingerprint density at radius 3 is 2.43 bits per heavy atom. The van der Waals surface area contributed by atoms with Crippen LogP contribution in [0.25, 0.3) is 0 Å². The maximum atomic E-state index is 12.1. The Balaban J connectivity index is 2.79. The van der Waals surface area contributed by atoms with Gasteiger partial charge in [0.1, 0.15) is 6.61 Å². The summed E-state index contributed by atoms with van der Waals surface area (Å²) in [6.45, 7) is 6.77. The zero-order valence-corrected chi connectivity index (χ0v) is 12.7. The van der Waals surface area contributed by atoms with Gasteiger partial charge in [-0.05, 0) is 25.2 Å². The van der Waals surface area contributed by atoms with Gasteiger partial charge in [-0.3, -0.25) is 0 Å². The lowest BCUT2D eigenvalue weighted by atomic mass is 10.1. The van der Waals surface area contributed by atoms with Gasteiger partial charge in [-0.25, -0.2) is 9.59 Å². The summed E-state index contributed by atoms with van der Waals surface area (Å²) in [5.74, 6) is -1.22. The highest BCUT2D eigenvalue weighted by atomic mass is 16.5. The molecule has 0 heterocycles. The Hall–Kier alpha value is -2.08. The maximum absolute atomic E-state index is 12.1. The van der Waals surface area contributed by atoms with Crippen molar-refractivity contribution in [3.8, 4) is 0 Å². The van der Waals surface area contributed by atoms with Crippen molar-refractivity contribution in [3.63, 3.8) is 0 Å². The maximum Gasteiger partial charge on any atom is 0.340 e. The average Bonchev–Trinajstić information content (AvgIpc) is 2.50. The van der Waals surface area contributed by atoms with Crippen molar-refractivity contribution < 1.29 is 19.1 Å². The summed E-state index contributed by atoms with van der Waals surface area (Å²) >= 11 is 0. The molecule has 0 aromatic heterocycles. The molecule has 0 spiro atoms. The number of nitrogen functional groups attached to an aromatic ring is 1. The third kappa shape index (κ3) is 4.46. The van der Waals surface area contributed by atoms with Gasteiger partial charge in [-0.15, -0.1) is 0 Å². The zero-order chi connectivity index (χ0) is 15.8. The quantitative estimate of drug-likeness (QED) is 0.607. The van der Waals surface area contributed by atoms with Crippen LogP contribution in [0, 0.1) is 0 Å². The number of hydrogen-bond donors (Lipinski definition) is 1. The van der Waals surface area contributed by atoms with E-state index in [9.17, 15) is 9.59 Å². The van der Waals surface area contributed by atoms with Crippen molar-refractivity contribution in [1.29, 1.82) is 0 Å². The number of nitrogens with zero attached hydrogens (tertiary/aromatic N) is 1. The summed E-state index contributed by atoms with van der Waals surface area (Å²) in [6.07, 6.45) is 0. The predicted molar refractivity (Wildman–Crippen MR) is 80.3 cm³/mol. The first-order valence-electron chi connectivity index (χ1n) is 6.91. The van der Waals surface area contributed by atoms with Crippen molar-refractivity contribution in [2.75, 3.05) is 39.1 Å². The van der Waals surface area contributed by atoms with Gasteiger partial charge in [0.05, 0.1) is 18.2 Å². The highest BCUT2D eigenvalue weighted by Crippen LogP contribution is 2.19. The van der Waals surface area contributed by atoms with Gasteiger partial charge in [-0.1, -0.05) is 19.9 Å². The molecule has 0 atom stereocenters. The minimum atomic E-state index is -0.649. The highest BCUT2D eigenvalue weighted by molar-refractivity contribution is 6.06. The van der Waals surface area contributed by atoms with Gasteiger partial charge in [0.15, 0.2) is 0 Å². The Labute approximate surface area is 124 Å². The van der Waals surface area contributed by atoms with Crippen molar-refractivity contribution in [1.82, 2.24) is 4.90 Å². The van der Waals surface area contributed by atoms with Crippen LogP contribution in [-0.4, -0.2) is 50.2 Å². The Morgan fingerprint density at radius 2 is 1.86 bits per heavy atom. The summed E-state index contributed by atoms with van der Waals surface area (Å²) in [6, 6.07) is 4.64. The molecule has 1 aromatic rings. The van der Waals surface area contributed by atoms with Crippen molar-refractivity contribution in [3.05, 3.63) is 29.3 Å². The molecule has 0 fully saturated rings. The molecule has 2 N–H and O–H groups in total. The van der Waals surface area contributed by atoms with E-state index in [-0.39, 0.29) is 23.4 Å². The summed E-state index contributed by atoms with van der Waals surface area (Å²) in [5.41, 5.74) is 6.11. The molecule has 0 saturated heterocycles. The zero-order valence-electron chi connectivity index (χ0n) is 12.7. The van der Waals surface area contributed by atoms with Gasteiger partial charge in [-0.2, -0.15) is 0 Å². The van der Waals surface area contributed by atoms with Crippen LogP contribution >= 0.6 is 0 Å². The number of likely N-dealkylation sites (N-methyl/N-ethyl adjacent to an activating group) is 1. The number of carbonyl (C=O) groups excluding carboxylic acids is 2. The second-order valence-electron chi connectivity index (χ2n) is 4.42. The highest BCUT2D eigenvalue weighted by Gasteiger charge is 2.21. The molecule has 21 heavy (non-hydrogen) atoms. The van der Waals surface area contributed by atoms with Gasteiger partial charge < -0.3 is 20.1 Å². The molecule has 0 unspecified atom stereocenters. The molecular weight excluding hydrogens is 272 g/mol. The molecule has 1 aromatic carbocycles. The van der Waals surface area contributed by atoms with Crippen LogP contribution in [-0.2, 0) is 9.47 Å². The van der Waals surface area contributed by atoms with Crippen LogP contribution in [0.4, 0.5) is 5.69 Å². The van der Waals surface area contributed by atoms with Crippen molar-refractivity contribution >= 4 is 17.6 Å². The first-order chi connectivity index (χ1) is 10.0. The van der Waals surface area contributed by atoms with Crippen molar-refractivity contribution in [2.45, 2.75) is 13.8 Å². The molecule has 6 nitrogen and oxygen atoms in total. The fraction of sp³-hybridized carbons (Fsp3) is 0.467. The first kappa shape index (κ1) is 17.0. The number of rotatable bonds is 7. The lowest BCUT2D eigenvalue weighted by molar-refractivity contribution is 0.0452. The molecule has 0 aliphatic rings. The van der Waals surface area contributed by atoms with E-state index < -0.39 is 11.9 Å². The van der Waals surface area contributed by atoms with Gasteiger partial charge >= 0.3 is 11.9 Å². The van der Waals surface area contributed by atoms with E-state index in [1.54, 1.807) is 12.1 Å². The Kier molecular flexibility index (Phi) is 6.68. The third-order valence-corrected chi connectivity index (χ3v) is 3.24. The molecule has 0 radical (unpaired) electrons. The van der Waals surface area contributed by atoms with Crippen molar-refractivity contribution in [2.24, 2.45) is 0 Å². The number of carbonyl (C=O) groups is 2. The SMILES string of the molecule is CCN(CC)CCOC(=O)c1cccc(N)c1C(=O)OC. The normalized spacial score (nSPS) is 10.5. The number of ether oxygens (including phenoxy) is 2. The van der Waals surface area contributed by atoms with E-state index in [1.165, 1.54) is 13.2 Å². The standard InChI is InChI=1S/C15H22N2O4/c1-4-17(5-2)9-10-21-14(18)11-7-6-8-12(16)13(11)15(19)20-3/h6-8H,4-5,9-10,16H2,1-3H3. The molecule has 0 aliphatic carbocycles. The van der Waals surface area contributed by atoms with Crippen LogP contribution in [0.15, 0.2) is 18.2 Å². The van der Waals surface area contributed by atoms with E-state index in [0.29, 0.717) is 6.54 Å². The molecule has 1 rings (SSSR count). The lowest BCUT2D eigenvalue weighted by Crippen LogP contribution is -2.28. The summed E-state index contributed by atoms with van der Waals surface area (Å²) < 4.78 is 9.86. The topological polar surface area (TPSA) is 81.9 Å². The first-order valence-corrected chi connectivity index (χ1v) is 6.91. The van der Waals surface area contributed by atoms with Crippen LogP contribution in [0.1, 0.15) is 34.6 Å². The average molecular weight is 294 g/mol. The summed E-state index contributed by atoms with van der Waals surface area (Å²) in [5, 5.41) is 0. The van der Waals surface area contributed by atoms with Gasteiger partial charge in [0.25, 0.3) is 0 Å². The molecular formula is C15H22N2O4. The predicted octanol–water partition coefficient (Wildman–Crippen LogP) is 1.55. The molecule has 116 valence electrons. The van der Waals surface area contributed by atoms with E-state index in [0.717, 1.165) is 13.1 Å². The van der Waals surface area contributed by atoms with Gasteiger partial charge in [0.2, 0.25) is 0 Å². The number of anilines is 1. The molecule has 6 heteroatoms. The number of hydrogen-bond acceptors (Lipinski definition) is 6. The second kappa shape index (κ2) is 8.26. The molecule has 0 amide bonds. The van der Waals surface area contributed by atoms with E-state index in [4.69, 9.17) is 10.5 Å². The number of benzene rings is 1. The van der Waals surface area contributed by atoms with Crippen LogP contribution < -0.4 is 5.73 Å². The summed E-state index contributed by atoms with van der Waals surface area (Å²) in [4.78, 5) is 25.9. The molecule has 0 saturated carbocycles. The fourth-order valence-electron chi connectivity index (χ4n) is 1.96. The number of methoxy groups -OCH3 is 1. The Morgan fingerprint density at radius 1 is 1.19 bits per heavy atom.